The van der Waals surface area contributed by atoms with E-state index < -0.39 is 0 Å². The summed E-state index contributed by atoms with van der Waals surface area (Å²) in [4.78, 5) is 2.49. The highest BCUT2D eigenvalue weighted by Crippen LogP contribution is 2.30. The zero-order chi connectivity index (χ0) is 21.6. The second kappa shape index (κ2) is 10.2. The summed E-state index contributed by atoms with van der Waals surface area (Å²) in [5.74, 6) is 4.04. The summed E-state index contributed by atoms with van der Waals surface area (Å²) >= 11 is 1.74. The van der Waals surface area contributed by atoms with Gasteiger partial charge in [-0.3, -0.25) is 4.90 Å². The van der Waals surface area contributed by atoms with Gasteiger partial charge in [0, 0.05) is 37.9 Å². The van der Waals surface area contributed by atoms with E-state index in [0.717, 1.165) is 60.7 Å². The summed E-state index contributed by atoms with van der Waals surface area (Å²) in [6.07, 6.45) is 2.30. The summed E-state index contributed by atoms with van der Waals surface area (Å²) in [6, 6.07) is 16.6. The minimum Gasteiger partial charge on any atom is -0.497 e. The zero-order valence-corrected chi connectivity index (χ0v) is 19.3. The molecule has 0 radical (unpaired) electrons. The molecule has 31 heavy (non-hydrogen) atoms. The van der Waals surface area contributed by atoms with Gasteiger partial charge in [0.1, 0.15) is 17.3 Å². The van der Waals surface area contributed by atoms with Crippen molar-refractivity contribution >= 4 is 11.8 Å². The number of benzene rings is 2. The molecule has 2 aromatic carbocycles. The maximum atomic E-state index is 5.43. The number of methoxy groups -OCH3 is 2. The highest BCUT2D eigenvalue weighted by atomic mass is 32.2. The Balaban J connectivity index is 1.41. The minimum atomic E-state index is 0.393. The Morgan fingerprint density at radius 3 is 2.45 bits per heavy atom. The van der Waals surface area contributed by atoms with E-state index in [9.17, 15) is 0 Å². The van der Waals surface area contributed by atoms with Gasteiger partial charge in [-0.2, -0.15) is 0 Å². The first-order valence-electron chi connectivity index (χ1n) is 10.7. The van der Waals surface area contributed by atoms with Crippen molar-refractivity contribution in [2.45, 2.75) is 36.2 Å². The number of hydrogen-bond donors (Lipinski definition) is 0. The van der Waals surface area contributed by atoms with Gasteiger partial charge >= 0.3 is 0 Å². The van der Waals surface area contributed by atoms with Gasteiger partial charge in [0.2, 0.25) is 0 Å². The van der Waals surface area contributed by atoms with Crippen molar-refractivity contribution in [2.24, 2.45) is 7.05 Å². The first-order chi connectivity index (χ1) is 15.2. The smallest absolute Gasteiger partial charge is 0.191 e. The summed E-state index contributed by atoms with van der Waals surface area (Å²) in [6.45, 7) is 2.94. The Kier molecular flexibility index (Phi) is 7.14. The molecule has 1 saturated heterocycles. The molecule has 0 amide bonds. The van der Waals surface area contributed by atoms with Crippen LogP contribution in [0.4, 0.5) is 0 Å². The van der Waals surface area contributed by atoms with E-state index in [0.29, 0.717) is 5.92 Å². The second-order valence-electron chi connectivity index (χ2n) is 7.97. The van der Waals surface area contributed by atoms with Crippen LogP contribution in [0.15, 0.2) is 53.7 Å². The lowest BCUT2D eigenvalue weighted by molar-refractivity contribution is 0.194. The SMILES string of the molecule is COc1cc(CN2CCC[C@@H](c3nnc(SCc4ccccc4)n3C)C2)cc(OC)c1. The number of thioether (sulfide) groups is 1. The Hall–Kier alpha value is -2.51. The minimum absolute atomic E-state index is 0.393. The standard InChI is InChI=1S/C24H30N4O2S/c1-27-23(25-26-24(27)31-17-18-8-5-4-6-9-18)20-10-7-11-28(16-20)15-19-12-21(29-2)14-22(13-19)30-3/h4-6,8-9,12-14,20H,7,10-11,15-17H2,1-3H3/t20-/m1/s1. The van der Waals surface area contributed by atoms with E-state index in [1.165, 1.54) is 11.1 Å². The monoisotopic (exact) mass is 438 g/mol. The molecule has 2 heterocycles. The summed E-state index contributed by atoms with van der Waals surface area (Å²) in [5, 5.41) is 10.0. The van der Waals surface area contributed by atoms with Crippen LogP contribution in [0.5, 0.6) is 11.5 Å². The lowest BCUT2D eigenvalue weighted by atomic mass is 9.96. The van der Waals surface area contributed by atoms with Crippen molar-refractivity contribution in [1.29, 1.82) is 0 Å². The average Bonchev–Trinajstić information content (AvgIpc) is 3.18. The molecule has 0 bridgehead atoms. The van der Waals surface area contributed by atoms with Crippen molar-refractivity contribution in [1.82, 2.24) is 19.7 Å². The third-order valence-electron chi connectivity index (χ3n) is 5.77. The Morgan fingerprint density at radius 1 is 1.00 bits per heavy atom. The van der Waals surface area contributed by atoms with Gasteiger partial charge in [0.15, 0.2) is 5.16 Å². The first-order valence-corrected chi connectivity index (χ1v) is 11.6. The second-order valence-corrected chi connectivity index (χ2v) is 8.91. The number of rotatable bonds is 8. The predicted octanol–water partition coefficient (Wildman–Crippen LogP) is 4.50. The van der Waals surface area contributed by atoms with E-state index in [1.807, 2.05) is 12.1 Å². The van der Waals surface area contributed by atoms with Gasteiger partial charge in [-0.05, 0) is 42.6 Å². The van der Waals surface area contributed by atoms with Crippen LogP contribution in [0.3, 0.4) is 0 Å². The van der Waals surface area contributed by atoms with Gasteiger partial charge in [0.05, 0.1) is 14.2 Å². The fourth-order valence-electron chi connectivity index (χ4n) is 4.16. The number of hydrogen-bond acceptors (Lipinski definition) is 6. The van der Waals surface area contributed by atoms with Crippen molar-refractivity contribution in [3.63, 3.8) is 0 Å². The van der Waals surface area contributed by atoms with Crippen LogP contribution in [0.1, 0.15) is 35.7 Å². The van der Waals surface area contributed by atoms with Crippen LogP contribution in [0.2, 0.25) is 0 Å². The van der Waals surface area contributed by atoms with E-state index in [1.54, 1.807) is 26.0 Å². The van der Waals surface area contributed by atoms with Crippen molar-refractivity contribution in [2.75, 3.05) is 27.3 Å². The Labute approximate surface area is 188 Å². The van der Waals surface area contributed by atoms with Gasteiger partial charge < -0.3 is 14.0 Å². The van der Waals surface area contributed by atoms with Gasteiger partial charge in [-0.15, -0.1) is 10.2 Å². The lowest BCUT2D eigenvalue weighted by Crippen LogP contribution is -2.34. The highest BCUT2D eigenvalue weighted by Gasteiger charge is 2.26. The maximum Gasteiger partial charge on any atom is 0.191 e. The molecular formula is C24H30N4O2S. The molecule has 1 fully saturated rings. The molecule has 1 atom stereocenters. The molecule has 4 rings (SSSR count). The molecule has 0 spiro atoms. The fourth-order valence-corrected chi connectivity index (χ4v) is 5.03. The van der Waals surface area contributed by atoms with Crippen LogP contribution in [-0.2, 0) is 19.3 Å². The number of aromatic nitrogens is 3. The molecule has 1 aromatic heterocycles. The van der Waals surface area contributed by atoms with Crippen LogP contribution in [0, 0.1) is 0 Å². The Morgan fingerprint density at radius 2 is 1.74 bits per heavy atom. The van der Waals surface area contributed by atoms with Crippen molar-refractivity contribution < 1.29 is 9.47 Å². The molecule has 1 aliphatic rings. The van der Waals surface area contributed by atoms with Crippen molar-refractivity contribution in [3.8, 4) is 11.5 Å². The molecule has 6 nitrogen and oxygen atoms in total. The molecule has 0 unspecified atom stereocenters. The van der Waals surface area contributed by atoms with Crippen LogP contribution in [-0.4, -0.2) is 47.0 Å². The lowest BCUT2D eigenvalue weighted by Gasteiger charge is -2.32. The number of nitrogens with zero attached hydrogens (tertiary/aromatic N) is 4. The topological polar surface area (TPSA) is 52.4 Å². The average molecular weight is 439 g/mol. The quantitative estimate of drug-likeness (QED) is 0.483. The normalized spacial score (nSPS) is 16.9. The number of likely N-dealkylation sites (tertiary alicyclic amines) is 1. The molecule has 7 heteroatoms. The maximum absolute atomic E-state index is 5.43. The summed E-state index contributed by atoms with van der Waals surface area (Å²) < 4.78 is 13.0. The molecule has 0 aliphatic carbocycles. The first kappa shape index (κ1) is 21.7. The van der Waals surface area contributed by atoms with Gasteiger partial charge in [-0.1, -0.05) is 42.1 Å². The third-order valence-corrected chi connectivity index (χ3v) is 6.86. The molecule has 3 aromatic rings. The number of piperidine rings is 1. The molecule has 1 aliphatic heterocycles. The van der Waals surface area contributed by atoms with Gasteiger partial charge in [0.25, 0.3) is 0 Å². The van der Waals surface area contributed by atoms with Crippen LogP contribution in [0.25, 0.3) is 0 Å². The predicted molar refractivity (Wildman–Crippen MR) is 124 cm³/mol. The molecular weight excluding hydrogens is 408 g/mol. The zero-order valence-electron chi connectivity index (χ0n) is 18.5. The third kappa shape index (κ3) is 5.40. The van der Waals surface area contributed by atoms with Crippen molar-refractivity contribution in [3.05, 3.63) is 65.5 Å². The summed E-state index contributed by atoms with van der Waals surface area (Å²) in [5.41, 5.74) is 2.50. The fraction of sp³-hybridized carbons (Fsp3) is 0.417. The summed E-state index contributed by atoms with van der Waals surface area (Å²) in [7, 11) is 5.47. The Bertz CT molecular complexity index is 970. The van der Waals surface area contributed by atoms with E-state index in [-0.39, 0.29) is 0 Å². The van der Waals surface area contributed by atoms with E-state index in [2.05, 4.69) is 63.1 Å². The molecule has 164 valence electrons. The highest BCUT2D eigenvalue weighted by molar-refractivity contribution is 7.98. The van der Waals surface area contributed by atoms with E-state index in [4.69, 9.17) is 9.47 Å². The molecule has 0 N–H and O–H groups in total. The van der Waals surface area contributed by atoms with Gasteiger partial charge in [-0.25, -0.2) is 0 Å². The molecule has 0 saturated carbocycles. The number of ether oxygens (including phenoxy) is 2. The van der Waals surface area contributed by atoms with Crippen LogP contribution < -0.4 is 9.47 Å². The largest absolute Gasteiger partial charge is 0.497 e. The van der Waals surface area contributed by atoms with E-state index >= 15 is 0 Å². The van der Waals surface area contributed by atoms with Crippen LogP contribution >= 0.6 is 11.8 Å².